The van der Waals surface area contributed by atoms with Gasteiger partial charge >= 0.3 is 0 Å². The summed E-state index contributed by atoms with van der Waals surface area (Å²) in [4.78, 5) is 0. The first-order chi connectivity index (χ1) is 8.53. The molecule has 1 saturated carbocycles. The summed E-state index contributed by atoms with van der Waals surface area (Å²) in [6.45, 7) is 10.5. The molecule has 0 spiro atoms. The fourth-order valence-corrected chi connectivity index (χ4v) is 3.65. The van der Waals surface area contributed by atoms with Crippen LogP contribution in [0.1, 0.15) is 66.2 Å². The molecule has 0 aromatic heterocycles. The van der Waals surface area contributed by atoms with Gasteiger partial charge in [0.2, 0.25) is 0 Å². The molecule has 0 unspecified atom stereocenters. The summed E-state index contributed by atoms with van der Waals surface area (Å²) in [5.41, 5.74) is 2.32. The van der Waals surface area contributed by atoms with E-state index in [9.17, 15) is 0 Å². The molecule has 2 aliphatic rings. The quantitative estimate of drug-likeness (QED) is 0.706. The molecule has 1 fully saturated rings. The van der Waals surface area contributed by atoms with Gasteiger partial charge in [-0.25, -0.2) is 0 Å². The molecule has 18 heavy (non-hydrogen) atoms. The number of rotatable bonds is 5. The minimum Gasteiger partial charge on any atom is -0.314 e. The monoisotopic (exact) mass is 249 g/mol. The zero-order valence-corrected chi connectivity index (χ0v) is 12.8. The van der Waals surface area contributed by atoms with E-state index in [0.717, 1.165) is 11.8 Å². The van der Waals surface area contributed by atoms with Crippen LogP contribution in [0.5, 0.6) is 0 Å². The van der Waals surface area contributed by atoms with Gasteiger partial charge in [0, 0.05) is 18.0 Å². The Labute approximate surface area is 113 Å². The van der Waals surface area contributed by atoms with Crippen LogP contribution in [0.15, 0.2) is 11.6 Å². The van der Waals surface area contributed by atoms with E-state index in [2.05, 4.69) is 39.1 Å². The van der Waals surface area contributed by atoms with Crippen LogP contribution in [-0.2, 0) is 0 Å². The summed E-state index contributed by atoms with van der Waals surface area (Å²) < 4.78 is 0. The molecule has 0 bridgehead atoms. The lowest BCUT2D eigenvalue weighted by molar-refractivity contribution is 0.0533. The van der Waals surface area contributed by atoms with Gasteiger partial charge in [0.25, 0.3) is 0 Å². The van der Waals surface area contributed by atoms with Crippen molar-refractivity contribution < 1.29 is 0 Å². The van der Waals surface area contributed by atoms with Gasteiger partial charge in [0.15, 0.2) is 0 Å². The molecule has 2 rings (SSSR count). The summed E-state index contributed by atoms with van der Waals surface area (Å²) in [6.07, 6.45) is 10.9. The van der Waals surface area contributed by atoms with Crippen molar-refractivity contribution in [1.29, 1.82) is 0 Å². The maximum atomic E-state index is 3.70. The van der Waals surface area contributed by atoms with Gasteiger partial charge < -0.3 is 5.32 Å². The van der Waals surface area contributed by atoms with E-state index in [4.69, 9.17) is 0 Å². The number of allylic oxidation sites excluding steroid dienone is 1. The first kappa shape index (κ1) is 14.1. The zero-order valence-electron chi connectivity index (χ0n) is 12.8. The van der Waals surface area contributed by atoms with E-state index < -0.39 is 0 Å². The Balaban J connectivity index is 2.02. The Morgan fingerprint density at radius 1 is 1.22 bits per heavy atom. The lowest BCUT2D eigenvalue weighted by atomic mass is 9.54. The van der Waals surface area contributed by atoms with Gasteiger partial charge in [-0.05, 0) is 50.4 Å². The summed E-state index contributed by atoms with van der Waals surface area (Å²) in [5.74, 6) is 1.82. The molecule has 0 aliphatic heterocycles. The molecule has 0 atom stereocenters. The third-order valence-corrected chi connectivity index (χ3v) is 5.07. The minimum absolute atomic E-state index is 0.527. The van der Waals surface area contributed by atoms with Crippen molar-refractivity contribution in [2.75, 3.05) is 6.54 Å². The largest absolute Gasteiger partial charge is 0.314 e. The molecule has 0 heterocycles. The second kappa shape index (κ2) is 5.77. The smallest absolute Gasteiger partial charge is 0.00478 e. The van der Waals surface area contributed by atoms with E-state index in [0.29, 0.717) is 11.5 Å². The third-order valence-electron chi connectivity index (χ3n) is 5.07. The fraction of sp³-hybridized carbons (Fsp3) is 0.882. The van der Waals surface area contributed by atoms with Crippen LogP contribution in [0, 0.1) is 17.3 Å². The average Bonchev–Trinajstić information content (AvgIpc) is 2.28. The number of nitrogens with one attached hydrogen (secondary N) is 1. The molecule has 0 radical (unpaired) electrons. The van der Waals surface area contributed by atoms with Crippen LogP contribution in [0.4, 0.5) is 0 Å². The molecule has 0 amide bonds. The number of hydrogen-bond donors (Lipinski definition) is 1. The molecule has 0 saturated heterocycles. The van der Waals surface area contributed by atoms with E-state index >= 15 is 0 Å². The minimum atomic E-state index is 0.527. The molecule has 0 aromatic rings. The Kier molecular flexibility index (Phi) is 4.53. The van der Waals surface area contributed by atoms with Crippen LogP contribution >= 0.6 is 0 Å². The van der Waals surface area contributed by atoms with Gasteiger partial charge in [-0.1, -0.05) is 39.3 Å². The fourth-order valence-electron chi connectivity index (χ4n) is 3.65. The second-order valence-electron chi connectivity index (χ2n) is 7.20. The van der Waals surface area contributed by atoms with Crippen molar-refractivity contribution in [2.45, 2.75) is 72.3 Å². The highest BCUT2D eigenvalue weighted by Gasteiger charge is 2.47. The van der Waals surface area contributed by atoms with E-state index in [1.807, 2.05) is 0 Å². The van der Waals surface area contributed by atoms with Crippen LogP contribution in [0.3, 0.4) is 0 Å². The molecular formula is C17H31N. The Morgan fingerprint density at radius 2 is 1.94 bits per heavy atom. The highest BCUT2D eigenvalue weighted by atomic mass is 14.9. The summed E-state index contributed by atoms with van der Waals surface area (Å²) in [5, 5.41) is 3.70. The normalized spacial score (nSPS) is 32.6. The van der Waals surface area contributed by atoms with Crippen molar-refractivity contribution in [3.05, 3.63) is 11.6 Å². The topological polar surface area (TPSA) is 12.0 Å². The standard InChI is InChI=1S/C17H31N/c1-13(2)15-10-17(11-15,12-18-14(3)4)16-8-6-5-7-9-16/h8,13-15,18H,5-7,9-12H2,1-4H3. The van der Waals surface area contributed by atoms with Crippen molar-refractivity contribution >= 4 is 0 Å². The molecule has 104 valence electrons. The van der Waals surface area contributed by atoms with Crippen molar-refractivity contribution in [2.24, 2.45) is 17.3 Å². The first-order valence-corrected chi connectivity index (χ1v) is 7.96. The Morgan fingerprint density at radius 3 is 2.44 bits per heavy atom. The van der Waals surface area contributed by atoms with Crippen LogP contribution in [0.25, 0.3) is 0 Å². The zero-order chi connectivity index (χ0) is 13.2. The van der Waals surface area contributed by atoms with E-state index in [1.54, 1.807) is 5.57 Å². The molecule has 1 nitrogen and oxygen atoms in total. The highest BCUT2D eigenvalue weighted by Crippen LogP contribution is 2.55. The van der Waals surface area contributed by atoms with E-state index in [1.165, 1.54) is 45.1 Å². The van der Waals surface area contributed by atoms with Gasteiger partial charge in [0.1, 0.15) is 0 Å². The Bertz CT molecular complexity index is 289. The van der Waals surface area contributed by atoms with Crippen molar-refractivity contribution in [3.8, 4) is 0 Å². The third kappa shape index (κ3) is 2.99. The lowest BCUT2D eigenvalue weighted by Gasteiger charge is -2.52. The molecule has 1 N–H and O–H groups in total. The predicted octanol–water partition coefficient (Wildman–Crippen LogP) is 4.54. The van der Waals surface area contributed by atoms with Gasteiger partial charge in [-0.2, -0.15) is 0 Å². The number of hydrogen-bond acceptors (Lipinski definition) is 1. The van der Waals surface area contributed by atoms with Gasteiger partial charge in [0.05, 0.1) is 0 Å². The SMILES string of the molecule is CC(C)NCC1(C2=CCCCC2)CC(C(C)C)C1. The predicted molar refractivity (Wildman–Crippen MR) is 79.7 cm³/mol. The molecule has 1 heteroatoms. The summed E-state index contributed by atoms with van der Waals surface area (Å²) >= 11 is 0. The summed E-state index contributed by atoms with van der Waals surface area (Å²) in [7, 11) is 0. The highest BCUT2D eigenvalue weighted by molar-refractivity contribution is 5.22. The first-order valence-electron chi connectivity index (χ1n) is 7.96. The average molecular weight is 249 g/mol. The van der Waals surface area contributed by atoms with Crippen molar-refractivity contribution in [1.82, 2.24) is 5.32 Å². The van der Waals surface area contributed by atoms with Crippen LogP contribution < -0.4 is 5.32 Å². The molecular weight excluding hydrogens is 218 g/mol. The van der Waals surface area contributed by atoms with E-state index in [-0.39, 0.29) is 0 Å². The molecule has 2 aliphatic carbocycles. The van der Waals surface area contributed by atoms with Gasteiger partial charge in [-0.15, -0.1) is 0 Å². The van der Waals surface area contributed by atoms with Crippen LogP contribution in [0.2, 0.25) is 0 Å². The van der Waals surface area contributed by atoms with Gasteiger partial charge in [-0.3, -0.25) is 0 Å². The lowest BCUT2D eigenvalue weighted by Crippen LogP contribution is -2.49. The van der Waals surface area contributed by atoms with Crippen LogP contribution in [-0.4, -0.2) is 12.6 Å². The Hall–Kier alpha value is -0.300. The maximum absolute atomic E-state index is 3.70. The summed E-state index contributed by atoms with van der Waals surface area (Å²) in [6, 6.07) is 0.615. The maximum Gasteiger partial charge on any atom is 0.00478 e. The second-order valence-corrected chi connectivity index (χ2v) is 7.20. The van der Waals surface area contributed by atoms with Crippen molar-refractivity contribution in [3.63, 3.8) is 0 Å². The molecule has 0 aromatic carbocycles.